The third kappa shape index (κ3) is 4.14. The Morgan fingerprint density at radius 3 is 2.43 bits per heavy atom. The molecule has 0 N–H and O–H groups in total. The molecule has 4 rings (SSSR count). The van der Waals surface area contributed by atoms with Crippen molar-refractivity contribution < 1.29 is 0 Å². The molecule has 0 bridgehead atoms. The minimum atomic E-state index is 0.115. The number of aromatic nitrogens is 2. The number of fused-ring (bicyclic) bond motifs is 1. The van der Waals surface area contributed by atoms with Gasteiger partial charge in [-0.15, -0.1) is 0 Å². The molecule has 0 radical (unpaired) electrons. The third-order valence-corrected chi connectivity index (χ3v) is 6.95. The monoisotopic (exact) mass is 410 g/mol. The van der Waals surface area contributed by atoms with Gasteiger partial charge < -0.3 is 4.90 Å². The molecule has 164 valence electrons. The first kappa shape index (κ1) is 21.4. The molecule has 5 heteroatoms. The van der Waals surface area contributed by atoms with Crippen molar-refractivity contribution in [3.63, 3.8) is 0 Å². The Labute approximate surface area is 181 Å². The summed E-state index contributed by atoms with van der Waals surface area (Å²) in [4.78, 5) is 23.6. The highest BCUT2D eigenvalue weighted by atomic mass is 16.1. The Morgan fingerprint density at radius 1 is 1.10 bits per heavy atom. The fraction of sp³-hybridized carbons (Fsp3) is 0.680. The lowest BCUT2D eigenvalue weighted by Crippen LogP contribution is -2.43. The molecular weight excluding hydrogens is 372 g/mol. The second-order valence-corrected chi connectivity index (χ2v) is 9.62. The quantitative estimate of drug-likeness (QED) is 0.684. The molecule has 1 aromatic carbocycles. The summed E-state index contributed by atoms with van der Waals surface area (Å²) in [5, 5.41) is 0.749. The van der Waals surface area contributed by atoms with Gasteiger partial charge >= 0.3 is 0 Å². The Morgan fingerprint density at radius 2 is 1.80 bits per heavy atom. The molecule has 2 aliphatic heterocycles. The molecule has 0 aliphatic carbocycles. The molecule has 3 atom stereocenters. The Bertz CT molecular complexity index is 921. The number of anilines is 1. The summed E-state index contributed by atoms with van der Waals surface area (Å²) in [5.74, 6) is 2.35. The maximum atomic E-state index is 13.4. The van der Waals surface area contributed by atoms with Gasteiger partial charge in [-0.1, -0.05) is 27.2 Å². The topological polar surface area (TPSA) is 41.4 Å². The van der Waals surface area contributed by atoms with Gasteiger partial charge in [0, 0.05) is 38.4 Å². The molecule has 0 spiro atoms. The number of hydrogen-bond donors (Lipinski definition) is 0. The second kappa shape index (κ2) is 9.09. The molecule has 2 aromatic rings. The van der Waals surface area contributed by atoms with Gasteiger partial charge in [0.2, 0.25) is 0 Å². The van der Waals surface area contributed by atoms with E-state index < -0.39 is 0 Å². The average molecular weight is 411 g/mol. The lowest BCUT2D eigenvalue weighted by molar-refractivity contribution is 0.0836. The summed E-state index contributed by atoms with van der Waals surface area (Å²) in [5.41, 5.74) is 2.19. The average Bonchev–Trinajstić information content (AvgIpc) is 3.26. The van der Waals surface area contributed by atoms with Crippen LogP contribution >= 0.6 is 0 Å². The first-order valence-corrected chi connectivity index (χ1v) is 12.0. The summed E-state index contributed by atoms with van der Waals surface area (Å²) in [6.45, 7) is 14.1. The van der Waals surface area contributed by atoms with Crippen molar-refractivity contribution in [3.8, 4) is 0 Å². The molecule has 3 heterocycles. The van der Waals surface area contributed by atoms with Gasteiger partial charge in [-0.25, -0.2) is 4.98 Å². The minimum Gasteiger partial charge on any atom is -0.371 e. The third-order valence-electron chi connectivity index (χ3n) is 6.95. The predicted octanol–water partition coefficient (Wildman–Crippen LogP) is 4.84. The predicted molar refractivity (Wildman–Crippen MR) is 125 cm³/mol. The molecule has 0 saturated carbocycles. The van der Waals surface area contributed by atoms with Crippen LogP contribution in [0.2, 0.25) is 0 Å². The van der Waals surface area contributed by atoms with Gasteiger partial charge in [-0.3, -0.25) is 14.3 Å². The fourth-order valence-electron chi connectivity index (χ4n) is 5.67. The Hall–Kier alpha value is -1.88. The highest BCUT2D eigenvalue weighted by Crippen LogP contribution is 2.32. The zero-order valence-electron chi connectivity index (χ0n) is 19.2. The Kier molecular flexibility index (Phi) is 6.47. The number of nitrogens with zero attached hydrogens (tertiary/aromatic N) is 4. The first-order chi connectivity index (χ1) is 14.5. The van der Waals surface area contributed by atoms with Crippen molar-refractivity contribution in [2.24, 2.45) is 11.8 Å². The molecule has 1 unspecified atom stereocenters. The molecular formula is C25H38N4O. The normalized spacial score (nSPS) is 23.9. The van der Waals surface area contributed by atoms with Crippen molar-refractivity contribution in [1.82, 2.24) is 14.5 Å². The highest BCUT2D eigenvalue weighted by molar-refractivity contribution is 5.81. The largest absolute Gasteiger partial charge is 0.371 e. The fourth-order valence-corrected chi connectivity index (χ4v) is 5.67. The standard InChI is InChI=1S/C25H38N4O/c1-5-9-23(28-16-18(3)14-19(4)17-28)24-26-22-15-20(27-12-7-8-13-27)10-11-21(22)25(30)29(24)6-2/h10-11,15,18-19,23H,5-9,12-14,16-17H2,1-4H3/t18-,19+,23?. The lowest BCUT2D eigenvalue weighted by atomic mass is 9.90. The second-order valence-electron chi connectivity index (χ2n) is 9.62. The van der Waals surface area contributed by atoms with E-state index in [0.717, 1.165) is 55.7 Å². The maximum Gasteiger partial charge on any atom is 0.261 e. The van der Waals surface area contributed by atoms with E-state index in [1.165, 1.54) is 24.9 Å². The summed E-state index contributed by atoms with van der Waals surface area (Å²) >= 11 is 0. The molecule has 1 aromatic heterocycles. The van der Waals surface area contributed by atoms with Crippen molar-refractivity contribution in [2.75, 3.05) is 31.1 Å². The van der Waals surface area contributed by atoms with Gasteiger partial charge in [0.15, 0.2) is 0 Å². The molecule has 2 fully saturated rings. The summed E-state index contributed by atoms with van der Waals surface area (Å²) in [7, 11) is 0. The first-order valence-electron chi connectivity index (χ1n) is 12.0. The number of likely N-dealkylation sites (tertiary alicyclic amines) is 1. The zero-order chi connectivity index (χ0) is 21.3. The molecule has 5 nitrogen and oxygen atoms in total. The van der Waals surface area contributed by atoms with Crippen LogP contribution in [-0.2, 0) is 6.54 Å². The van der Waals surface area contributed by atoms with Crippen LogP contribution in [0.4, 0.5) is 5.69 Å². The van der Waals surface area contributed by atoms with Crippen LogP contribution in [0.5, 0.6) is 0 Å². The van der Waals surface area contributed by atoms with E-state index in [4.69, 9.17) is 4.98 Å². The van der Waals surface area contributed by atoms with Crippen molar-refractivity contribution in [2.45, 2.75) is 72.4 Å². The van der Waals surface area contributed by atoms with Crippen molar-refractivity contribution >= 4 is 16.6 Å². The Balaban J connectivity index is 1.80. The number of rotatable bonds is 6. The van der Waals surface area contributed by atoms with Crippen LogP contribution < -0.4 is 10.5 Å². The van der Waals surface area contributed by atoms with Crippen LogP contribution in [-0.4, -0.2) is 40.6 Å². The molecule has 2 aliphatic rings. The van der Waals surface area contributed by atoms with E-state index in [2.05, 4.69) is 49.6 Å². The molecule has 30 heavy (non-hydrogen) atoms. The van der Waals surface area contributed by atoms with Crippen molar-refractivity contribution in [3.05, 3.63) is 34.4 Å². The van der Waals surface area contributed by atoms with Crippen LogP contribution in [0.25, 0.3) is 10.9 Å². The minimum absolute atomic E-state index is 0.115. The lowest BCUT2D eigenvalue weighted by Gasteiger charge is -2.40. The number of piperidine rings is 1. The zero-order valence-corrected chi connectivity index (χ0v) is 19.2. The SMILES string of the molecule is CCCC(c1nc2cc(N3CCCC3)ccc2c(=O)n1CC)N1C[C@H](C)C[C@H](C)C1. The van der Waals surface area contributed by atoms with E-state index in [1.54, 1.807) is 0 Å². The highest BCUT2D eigenvalue weighted by Gasteiger charge is 2.31. The summed E-state index contributed by atoms with van der Waals surface area (Å²) < 4.78 is 1.93. The van der Waals surface area contributed by atoms with Gasteiger partial charge in [-0.05, 0) is 62.6 Å². The number of hydrogen-bond acceptors (Lipinski definition) is 4. The van der Waals surface area contributed by atoms with Crippen LogP contribution in [0, 0.1) is 11.8 Å². The van der Waals surface area contributed by atoms with Crippen LogP contribution in [0.1, 0.15) is 71.7 Å². The summed E-state index contributed by atoms with van der Waals surface area (Å²) in [6.07, 6.45) is 5.93. The van der Waals surface area contributed by atoms with Gasteiger partial charge in [0.05, 0.1) is 16.9 Å². The molecule has 2 saturated heterocycles. The summed E-state index contributed by atoms with van der Waals surface area (Å²) in [6, 6.07) is 6.46. The molecule has 0 amide bonds. The van der Waals surface area contributed by atoms with E-state index in [9.17, 15) is 4.79 Å². The van der Waals surface area contributed by atoms with Gasteiger partial charge in [0.1, 0.15) is 5.82 Å². The van der Waals surface area contributed by atoms with Crippen molar-refractivity contribution in [1.29, 1.82) is 0 Å². The van der Waals surface area contributed by atoms with E-state index in [1.807, 2.05) is 10.6 Å². The van der Waals surface area contributed by atoms with E-state index in [-0.39, 0.29) is 11.6 Å². The van der Waals surface area contributed by atoms with E-state index >= 15 is 0 Å². The number of benzene rings is 1. The van der Waals surface area contributed by atoms with Gasteiger partial charge in [0.25, 0.3) is 5.56 Å². The van der Waals surface area contributed by atoms with Crippen LogP contribution in [0.15, 0.2) is 23.0 Å². The van der Waals surface area contributed by atoms with Gasteiger partial charge in [-0.2, -0.15) is 0 Å². The van der Waals surface area contributed by atoms with Crippen LogP contribution in [0.3, 0.4) is 0 Å². The maximum absolute atomic E-state index is 13.4. The van der Waals surface area contributed by atoms with E-state index in [0.29, 0.717) is 18.4 Å². The smallest absolute Gasteiger partial charge is 0.261 e.